The molecule has 1 aromatic heterocycles. The normalized spacial score (nSPS) is 13.9. The predicted molar refractivity (Wildman–Crippen MR) is 62.2 cm³/mol. The van der Waals surface area contributed by atoms with E-state index in [2.05, 4.69) is 9.97 Å². The molecule has 0 aliphatic rings. The van der Waals surface area contributed by atoms with E-state index < -0.39 is 15.1 Å². The van der Waals surface area contributed by atoms with Crippen LogP contribution in [-0.4, -0.2) is 24.6 Å². The van der Waals surface area contributed by atoms with Gasteiger partial charge in [-0.15, -0.1) is 0 Å². The van der Waals surface area contributed by atoms with Gasteiger partial charge in [-0.1, -0.05) is 12.2 Å². The van der Waals surface area contributed by atoms with Crippen molar-refractivity contribution in [1.29, 1.82) is 0 Å². The monoisotopic (exact) mass is 246 g/mol. The molecule has 0 fully saturated rings. The summed E-state index contributed by atoms with van der Waals surface area (Å²) in [6.45, 7) is 5.30. The van der Waals surface area contributed by atoms with E-state index in [4.69, 9.17) is 12.2 Å². The molecule has 6 heteroatoms. The van der Waals surface area contributed by atoms with Crippen molar-refractivity contribution in [1.82, 2.24) is 9.97 Å². The van der Waals surface area contributed by atoms with E-state index >= 15 is 0 Å². The quantitative estimate of drug-likeness (QED) is 0.809. The zero-order valence-electron chi connectivity index (χ0n) is 9.16. The van der Waals surface area contributed by atoms with Crippen LogP contribution in [0.25, 0.3) is 0 Å². The number of H-pyrrole nitrogens is 1. The second-order valence-corrected chi connectivity index (χ2v) is 6.40. The zero-order valence-corrected chi connectivity index (χ0v) is 10.8. The summed E-state index contributed by atoms with van der Waals surface area (Å²) < 4.78 is 23.1. The molecule has 1 unspecified atom stereocenters. The van der Waals surface area contributed by atoms with Gasteiger partial charge in [0.15, 0.2) is 9.84 Å². The lowest BCUT2D eigenvalue weighted by molar-refractivity contribution is 0.588. The molecule has 1 aromatic rings. The summed E-state index contributed by atoms with van der Waals surface area (Å²) in [4.78, 5) is 7.05. The van der Waals surface area contributed by atoms with E-state index in [1.165, 1.54) is 6.26 Å². The molecular weight excluding hydrogens is 232 g/mol. The Bertz CT molecular complexity index is 532. The summed E-state index contributed by atoms with van der Waals surface area (Å²) in [5.74, 6) is 0.408. The highest BCUT2D eigenvalue weighted by Gasteiger charge is 2.19. The van der Waals surface area contributed by atoms with Gasteiger partial charge in [0, 0.05) is 17.5 Å². The molecule has 84 valence electrons. The molecule has 0 saturated heterocycles. The first-order valence-corrected chi connectivity index (χ1v) is 6.86. The molecule has 0 aliphatic heterocycles. The molecule has 0 radical (unpaired) electrons. The SMILES string of the molecule is Cc1[nH]c(C(C)S(C)(=O)=O)nc(=S)c1C. The third kappa shape index (κ3) is 2.63. The van der Waals surface area contributed by atoms with Gasteiger partial charge in [0.1, 0.15) is 15.7 Å². The summed E-state index contributed by atoms with van der Waals surface area (Å²) in [5.41, 5.74) is 1.75. The van der Waals surface area contributed by atoms with Crippen LogP contribution in [0, 0.1) is 18.5 Å². The van der Waals surface area contributed by atoms with Crippen LogP contribution in [0.2, 0.25) is 0 Å². The summed E-state index contributed by atoms with van der Waals surface area (Å²) in [6.07, 6.45) is 1.19. The lowest BCUT2D eigenvalue weighted by atomic mass is 10.2. The second-order valence-electron chi connectivity index (χ2n) is 3.65. The lowest BCUT2D eigenvalue weighted by Gasteiger charge is -2.10. The van der Waals surface area contributed by atoms with Crippen LogP contribution in [0.3, 0.4) is 0 Å². The number of hydrogen-bond donors (Lipinski definition) is 1. The highest BCUT2D eigenvalue weighted by Crippen LogP contribution is 2.18. The Hall–Kier alpha value is -0.750. The smallest absolute Gasteiger partial charge is 0.157 e. The lowest BCUT2D eigenvalue weighted by Crippen LogP contribution is -2.12. The topological polar surface area (TPSA) is 62.8 Å². The Morgan fingerprint density at radius 1 is 1.40 bits per heavy atom. The first-order chi connectivity index (χ1) is 6.73. The van der Waals surface area contributed by atoms with E-state index in [1.54, 1.807) is 6.92 Å². The maximum absolute atomic E-state index is 11.3. The van der Waals surface area contributed by atoms with Gasteiger partial charge in [-0.05, 0) is 20.8 Å². The molecule has 15 heavy (non-hydrogen) atoms. The molecule has 0 saturated carbocycles. The van der Waals surface area contributed by atoms with Crippen molar-refractivity contribution in [3.63, 3.8) is 0 Å². The van der Waals surface area contributed by atoms with Gasteiger partial charge >= 0.3 is 0 Å². The van der Waals surface area contributed by atoms with Crippen molar-refractivity contribution < 1.29 is 8.42 Å². The molecule has 0 aliphatic carbocycles. The van der Waals surface area contributed by atoms with Crippen LogP contribution >= 0.6 is 12.2 Å². The number of hydrogen-bond acceptors (Lipinski definition) is 4. The molecule has 1 rings (SSSR count). The summed E-state index contributed by atoms with van der Waals surface area (Å²) in [6, 6.07) is 0. The molecule has 1 heterocycles. The Morgan fingerprint density at radius 2 is 1.93 bits per heavy atom. The van der Waals surface area contributed by atoms with Crippen molar-refractivity contribution in [2.45, 2.75) is 26.0 Å². The first-order valence-electron chi connectivity index (χ1n) is 4.49. The second kappa shape index (κ2) is 4.02. The number of aromatic amines is 1. The minimum atomic E-state index is -3.14. The van der Waals surface area contributed by atoms with Gasteiger partial charge in [0.05, 0.1) is 0 Å². The van der Waals surface area contributed by atoms with Crippen LogP contribution in [0.1, 0.15) is 29.3 Å². The fourth-order valence-electron chi connectivity index (χ4n) is 1.06. The van der Waals surface area contributed by atoms with E-state index in [0.717, 1.165) is 11.3 Å². The highest BCUT2D eigenvalue weighted by atomic mass is 32.2. The molecule has 4 nitrogen and oxygen atoms in total. The minimum absolute atomic E-state index is 0.408. The zero-order chi connectivity index (χ0) is 11.8. The minimum Gasteiger partial charge on any atom is -0.346 e. The van der Waals surface area contributed by atoms with Crippen LogP contribution in [0.5, 0.6) is 0 Å². The summed E-state index contributed by atoms with van der Waals surface area (Å²) in [5, 5.41) is -0.654. The van der Waals surface area contributed by atoms with Gasteiger partial charge in [0.25, 0.3) is 0 Å². The number of nitrogens with one attached hydrogen (secondary N) is 1. The maximum atomic E-state index is 11.3. The fourth-order valence-corrected chi connectivity index (χ4v) is 1.83. The molecule has 0 bridgehead atoms. The summed E-state index contributed by atoms with van der Waals surface area (Å²) in [7, 11) is -3.14. The predicted octanol–water partition coefficient (Wildman–Crippen LogP) is 1.86. The molecule has 1 N–H and O–H groups in total. The number of aryl methyl sites for hydroxylation is 1. The van der Waals surface area contributed by atoms with Crippen molar-refractivity contribution in [2.75, 3.05) is 6.26 Å². The van der Waals surface area contributed by atoms with E-state index in [1.807, 2.05) is 13.8 Å². The molecule has 0 amide bonds. The van der Waals surface area contributed by atoms with E-state index in [-0.39, 0.29) is 0 Å². The van der Waals surface area contributed by atoms with Crippen LogP contribution in [-0.2, 0) is 9.84 Å². The molecule has 1 atom stereocenters. The van der Waals surface area contributed by atoms with Gasteiger partial charge in [-0.25, -0.2) is 13.4 Å². The van der Waals surface area contributed by atoms with Crippen LogP contribution in [0.15, 0.2) is 0 Å². The summed E-state index contributed by atoms with van der Waals surface area (Å²) >= 11 is 5.04. The average molecular weight is 246 g/mol. The Labute approximate surface area is 94.7 Å². The molecule has 0 spiro atoms. The Balaban J connectivity index is 3.36. The van der Waals surface area contributed by atoms with Crippen LogP contribution in [0.4, 0.5) is 0 Å². The average Bonchev–Trinajstić information content (AvgIpc) is 2.10. The van der Waals surface area contributed by atoms with E-state index in [9.17, 15) is 8.42 Å². The number of aromatic nitrogens is 2. The third-order valence-corrected chi connectivity index (χ3v) is 4.35. The highest BCUT2D eigenvalue weighted by molar-refractivity contribution is 7.90. The van der Waals surface area contributed by atoms with Crippen molar-refractivity contribution in [2.24, 2.45) is 0 Å². The Kier molecular flexibility index (Phi) is 3.30. The Morgan fingerprint density at radius 3 is 2.33 bits per heavy atom. The van der Waals surface area contributed by atoms with Crippen molar-refractivity contribution in [3.8, 4) is 0 Å². The maximum Gasteiger partial charge on any atom is 0.157 e. The van der Waals surface area contributed by atoms with Gasteiger partial charge in [0.2, 0.25) is 0 Å². The number of nitrogens with zero attached hydrogens (tertiary/aromatic N) is 1. The van der Waals surface area contributed by atoms with Crippen molar-refractivity contribution in [3.05, 3.63) is 21.7 Å². The van der Waals surface area contributed by atoms with Crippen LogP contribution < -0.4 is 0 Å². The first kappa shape index (κ1) is 12.3. The largest absolute Gasteiger partial charge is 0.346 e. The number of rotatable bonds is 2. The van der Waals surface area contributed by atoms with Gasteiger partial charge in [-0.2, -0.15) is 0 Å². The number of sulfone groups is 1. The standard InChI is InChI=1S/C9H14N2O2S2/c1-5-6(2)10-8(11-9(5)14)7(3)15(4,12)13/h7H,1-4H3,(H,10,11,14). The van der Waals surface area contributed by atoms with Crippen molar-refractivity contribution >= 4 is 22.1 Å². The third-order valence-electron chi connectivity index (χ3n) is 2.45. The van der Waals surface area contributed by atoms with Gasteiger partial charge in [-0.3, -0.25) is 0 Å². The molecular formula is C9H14N2O2S2. The molecule has 0 aromatic carbocycles. The van der Waals surface area contributed by atoms with Gasteiger partial charge < -0.3 is 4.98 Å². The fraction of sp³-hybridized carbons (Fsp3) is 0.556. The van der Waals surface area contributed by atoms with E-state index in [0.29, 0.717) is 10.5 Å².